The first-order valence-corrected chi connectivity index (χ1v) is 7.30. The number of hydrogen-bond acceptors (Lipinski definition) is 2. The number of pyridine rings is 1. The van der Waals surface area contributed by atoms with Gasteiger partial charge in [-0.05, 0) is 30.2 Å². The van der Waals surface area contributed by atoms with E-state index < -0.39 is 17.3 Å². The molecule has 2 rings (SSSR count). The minimum absolute atomic E-state index is 0.0572. The van der Waals surface area contributed by atoms with Gasteiger partial charge in [0, 0.05) is 16.6 Å². The number of aryl methyl sites for hydroxylation is 1. The molecule has 0 amide bonds. The molecule has 7 heteroatoms. The van der Waals surface area contributed by atoms with E-state index >= 15 is 0 Å². The molecule has 2 aromatic rings. The van der Waals surface area contributed by atoms with Gasteiger partial charge in [0.2, 0.25) is 0 Å². The van der Waals surface area contributed by atoms with Gasteiger partial charge in [-0.25, -0.2) is 0 Å². The van der Waals surface area contributed by atoms with Gasteiger partial charge in [0.25, 0.3) is 5.56 Å². The van der Waals surface area contributed by atoms with Gasteiger partial charge in [-0.1, -0.05) is 28.1 Å². The fourth-order valence-corrected chi connectivity index (χ4v) is 2.64. The van der Waals surface area contributed by atoms with Crippen molar-refractivity contribution in [3.63, 3.8) is 0 Å². The van der Waals surface area contributed by atoms with Crippen LogP contribution in [0.1, 0.15) is 22.4 Å². The van der Waals surface area contributed by atoms with Gasteiger partial charge >= 0.3 is 6.18 Å². The van der Waals surface area contributed by atoms with E-state index in [1.807, 2.05) is 0 Å². The van der Waals surface area contributed by atoms with E-state index in [0.717, 1.165) is 6.07 Å². The van der Waals surface area contributed by atoms with Crippen molar-refractivity contribution in [2.45, 2.75) is 18.4 Å². The largest absolute Gasteiger partial charge is 0.416 e. The lowest BCUT2D eigenvalue weighted by molar-refractivity contribution is -0.138. The van der Waals surface area contributed by atoms with E-state index in [1.165, 1.54) is 18.2 Å². The fourth-order valence-electron chi connectivity index (χ4n) is 2.15. The van der Waals surface area contributed by atoms with Crippen molar-refractivity contribution in [1.29, 1.82) is 5.26 Å². The van der Waals surface area contributed by atoms with Crippen LogP contribution in [0.15, 0.2) is 29.1 Å². The van der Waals surface area contributed by atoms with Gasteiger partial charge in [0.1, 0.15) is 11.6 Å². The summed E-state index contributed by atoms with van der Waals surface area (Å²) in [7, 11) is 0. The molecule has 1 N–H and O–H groups in total. The van der Waals surface area contributed by atoms with E-state index in [-0.39, 0.29) is 27.6 Å². The van der Waals surface area contributed by atoms with Crippen molar-refractivity contribution in [3.8, 4) is 17.2 Å². The number of benzene rings is 1. The summed E-state index contributed by atoms with van der Waals surface area (Å²) in [5, 5.41) is 9.14. The first-order chi connectivity index (χ1) is 10.3. The SMILES string of the molecule is Cc1cc(-c2ccc(CBr)c(C(F)(F)F)c2)c(C#N)c(=O)[nH]1. The molecule has 0 bridgehead atoms. The zero-order valence-corrected chi connectivity index (χ0v) is 13.0. The number of rotatable bonds is 2. The lowest BCUT2D eigenvalue weighted by Gasteiger charge is -2.14. The molecule has 1 aromatic carbocycles. The standard InChI is InChI=1S/C15H10BrF3N2O/c1-8-4-11(12(7-20)14(22)21-8)9-2-3-10(6-16)13(5-9)15(17,18)19/h2-5H,6H2,1H3,(H,21,22). The summed E-state index contributed by atoms with van der Waals surface area (Å²) < 4.78 is 39.4. The van der Waals surface area contributed by atoms with Gasteiger partial charge in [-0.3, -0.25) is 4.79 Å². The van der Waals surface area contributed by atoms with Crippen LogP contribution in [0, 0.1) is 18.3 Å². The highest BCUT2D eigenvalue weighted by Gasteiger charge is 2.33. The molecule has 1 aromatic heterocycles. The van der Waals surface area contributed by atoms with E-state index in [0.29, 0.717) is 5.69 Å². The van der Waals surface area contributed by atoms with Crippen LogP contribution >= 0.6 is 15.9 Å². The predicted molar refractivity (Wildman–Crippen MR) is 79.6 cm³/mol. The van der Waals surface area contributed by atoms with Crippen molar-refractivity contribution >= 4 is 15.9 Å². The molecule has 3 nitrogen and oxygen atoms in total. The molecule has 0 fully saturated rings. The highest BCUT2D eigenvalue weighted by Crippen LogP contribution is 2.36. The van der Waals surface area contributed by atoms with Gasteiger partial charge in [0.15, 0.2) is 0 Å². The van der Waals surface area contributed by atoms with Crippen LogP contribution in [0.3, 0.4) is 0 Å². The molecule has 0 atom stereocenters. The third-order valence-corrected chi connectivity index (χ3v) is 3.75. The van der Waals surface area contributed by atoms with Crippen LogP contribution in [-0.4, -0.2) is 4.98 Å². The van der Waals surface area contributed by atoms with Crippen LogP contribution in [0.25, 0.3) is 11.1 Å². The first-order valence-electron chi connectivity index (χ1n) is 6.18. The topological polar surface area (TPSA) is 56.6 Å². The third kappa shape index (κ3) is 3.07. The number of nitrogens with zero attached hydrogens (tertiary/aromatic N) is 1. The van der Waals surface area contributed by atoms with E-state index in [1.54, 1.807) is 13.0 Å². The molecule has 1 heterocycles. The summed E-state index contributed by atoms with van der Waals surface area (Å²) in [4.78, 5) is 14.2. The third-order valence-electron chi connectivity index (χ3n) is 3.15. The second kappa shape index (κ2) is 5.97. The fraction of sp³-hybridized carbons (Fsp3) is 0.200. The number of nitriles is 1. The first kappa shape index (κ1) is 16.3. The van der Waals surface area contributed by atoms with E-state index in [4.69, 9.17) is 5.26 Å². The quantitative estimate of drug-likeness (QED) is 0.807. The number of nitrogens with one attached hydrogen (secondary N) is 1. The average Bonchev–Trinajstić information content (AvgIpc) is 2.45. The minimum atomic E-state index is -4.51. The van der Waals surface area contributed by atoms with Gasteiger partial charge in [-0.2, -0.15) is 18.4 Å². The molecule has 0 saturated heterocycles. The maximum absolute atomic E-state index is 13.1. The lowest BCUT2D eigenvalue weighted by atomic mass is 9.96. The van der Waals surface area contributed by atoms with Gasteiger partial charge < -0.3 is 4.98 Å². The lowest BCUT2D eigenvalue weighted by Crippen LogP contribution is -2.13. The van der Waals surface area contributed by atoms with Crippen LogP contribution in [-0.2, 0) is 11.5 Å². The Balaban J connectivity index is 2.75. The van der Waals surface area contributed by atoms with Crippen molar-refractivity contribution in [3.05, 3.63) is 57.0 Å². The Labute approximate surface area is 132 Å². The summed E-state index contributed by atoms with van der Waals surface area (Å²) in [6.07, 6.45) is -4.51. The monoisotopic (exact) mass is 370 g/mol. The zero-order chi connectivity index (χ0) is 16.5. The Morgan fingerprint density at radius 3 is 2.55 bits per heavy atom. The number of alkyl halides is 4. The molecule has 0 spiro atoms. The highest BCUT2D eigenvalue weighted by atomic mass is 79.9. The molecule has 0 saturated carbocycles. The van der Waals surface area contributed by atoms with Crippen LogP contribution in [0.5, 0.6) is 0 Å². The number of aromatic amines is 1. The van der Waals surface area contributed by atoms with Crippen molar-refractivity contribution in [2.24, 2.45) is 0 Å². The van der Waals surface area contributed by atoms with Crippen LogP contribution in [0.4, 0.5) is 13.2 Å². The number of hydrogen-bond donors (Lipinski definition) is 1. The summed E-state index contributed by atoms with van der Waals surface area (Å²) in [5.41, 5.74) is -0.670. The second-order valence-corrected chi connectivity index (χ2v) is 5.25. The highest BCUT2D eigenvalue weighted by molar-refractivity contribution is 9.08. The van der Waals surface area contributed by atoms with Crippen molar-refractivity contribution in [1.82, 2.24) is 4.98 Å². The van der Waals surface area contributed by atoms with E-state index in [2.05, 4.69) is 20.9 Å². The van der Waals surface area contributed by atoms with Gasteiger partial charge in [0.05, 0.1) is 5.56 Å². The summed E-state index contributed by atoms with van der Waals surface area (Å²) in [6.45, 7) is 1.60. The molecule has 0 aliphatic rings. The Kier molecular flexibility index (Phi) is 4.42. The Bertz CT molecular complexity index is 819. The van der Waals surface area contributed by atoms with Crippen molar-refractivity contribution in [2.75, 3.05) is 0 Å². The van der Waals surface area contributed by atoms with Gasteiger partial charge in [-0.15, -0.1) is 0 Å². The smallest absolute Gasteiger partial charge is 0.325 e. The Hall–Kier alpha value is -2.07. The summed E-state index contributed by atoms with van der Waals surface area (Å²) in [6, 6.07) is 7.01. The molecular formula is C15H10BrF3N2O. The predicted octanol–water partition coefficient (Wildman–Crippen LogP) is 4.14. The molecule has 114 valence electrons. The normalized spacial score (nSPS) is 11.3. The molecule has 0 radical (unpaired) electrons. The molecule has 0 aliphatic carbocycles. The molecule has 0 aliphatic heterocycles. The number of aromatic nitrogens is 1. The maximum atomic E-state index is 13.1. The number of H-pyrrole nitrogens is 1. The Morgan fingerprint density at radius 1 is 1.32 bits per heavy atom. The molecule has 0 unspecified atom stereocenters. The van der Waals surface area contributed by atoms with E-state index in [9.17, 15) is 18.0 Å². The second-order valence-electron chi connectivity index (χ2n) is 4.69. The molecular weight excluding hydrogens is 361 g/mol. The molecule has 22 heavy (non-hydrogen) atoms. The summed E-state index contributed by atoms with van der Waals surface area (Å²) in [5.74, 6) is 0. The number of halogens is 4. The average molecular weight is 371 g/mol. The van der Waals surface area contributed by atoms with Crippen LogP contribution < -0.4 is 5.56 Å². The van der Waals surface area contributed by atoms with Crippen LogP contribution in [0.2, 0.25) is 0 Å². The maximum Gasteiger partial charge on any atom is 0.416 e. The van der Waals surface area contributed by atoms with Crippen molar-refractivity contribution < 1.29 is 13.2 Å². The summed E-state index contributed by atoms with van der Waals surface area (Å²) >= 11 is 3.03. The Morgan fingerprint density at radius 2 is 2.00 bits per heavy atom. The zero-order valence-electron chi connectivity index (χ0n) is 11.4. The minimum Gasteiger partial charge on any atom is -0.325 e.